The SMILES string of the molecule is CC1(C)c2ccc(N(c3ccccc3)c3ccc(N(c4ccccc4)c4cccc5c4oc4ccccc45)cc3)cc2-c2cc3c4ccccc4c4ccccc4c3cc21. The molecule has 0 radical (unpaired) electrons. The molecule has 1 aromatic heterocycles. The predicted octanol–water partition coefficient (Wildman–Crippen LogP) is 16.3. The van der Waals surface area contributed by atoms with E-state index in [0.717, 1.165) is 56.1 Å². The van der Waals surface area contributed by atoms with Gasteiger partial charge in [-0.05, 0) is 140 Å². The Hall–Kier alpha value is -7.62. The average molecular weight is 769 g/mol. The van der Waals surface area contributed by atoms with Crippen LogP contribution in [0.4, 0.5) is 34.1 Å². The van der Waals surface area contributed by atoms with E-state index in [2.05, 4.69) is 218 Å². The molecule has 3 nitrogen and oxygen atoms in total. The van der Waals surface area contributed by atoms with Gasteiger partial charge in [0.05, 0.1) is 5.69 Å². The summed E-state index contributed by atoms with van der Waals surface area (Å²) in [6.45, 7) is 4.76. The number of fused-ring (bicyclic) bond motifs is 12. The second-order valence-electron chi connectivity index (χ2n) is 16.5. The van der Waals surface area contributed by atoms with Crippen molar-refractivity contribution < 1.29 is 4.42 Å². The van der Waals surface area contributed by atoms with Crippen molar-refractivity contribution in [1.29, 1.82) is 0 Å². The minimum absolute atomic E-state index is 0.160. The molecule has 0 bridgehead atoms. The van der Waals surface area contributed by atoms with Crippen molar-refractivity contribution in [1.82, 2.24) is 0 Å². The summed E-state index contributed by atoms with van der Waals surface area (Å²) in [6.07, 6.45) is 0. The van der Waals surface area contributed by atoms with Crippen LogP contribution in [0.2, 0.25) is 0 Å². The largest absolute Gasteiger partial charge is 0.454 e. The monoisotopic (exact) mass is 768 g/mol. The lowest BCUT2D eigenvalue weighted by Crippen LogP contribution is -2.15. The Morgan fingerprint density at radius 2 is 0.800 bits per heavy atom. The Bertz CT molecular complexity index is 3460. The van der Waals surface area contributed by atoms with E-state index < -0.39 is 0 Å². The third kappa shape index (κ3) is 5.15. The number of furan rings is 1. The third-order valence-electron chi connectivity index (χ3n) is 12.8. The van der Waals surface area contributed by atoms with E-state index in [4.69, 9.17) is 4.42 Å². The highest BCUT2D eigenvalue weighted by molar-refractivity contribution is 6.26. The number of anilines is 6. The highest BCUT2D eigenvalue weighted by atomic mass is 16.3. The molecule has 10 aromatic carbocycles. The number of nitrogens with zero attached hydrogens (tertiary/aromatic N) is 2. The van der Waals surface area contributed by atoms with Gasteiger partial charge in [-0.15, -0.1) is 0 Å². The molecule has 0 saturated heterocycles. The standard InChI is InChI=1S/C57H40N2O/c1-57(2)52-33-32-41(34-50(52)51-35-48-44-22-11-9-20-42(44)43-21-10-12-23-45(43)49(48)36-53(51)57)58(37-16-5-3-6-17-37)39-28-30-40(31-29-39)59(38-18-7-4-8-19-38)54-26-15-25-47-46-24-13-14-27-55(46)60-56(47)54/h3-36H,1-2H3. The second kappa shape index (κ2) is 13.2. The van der Waals surface area contributed by atoms with Crippen LogP contribution in [0, 0.1) is 0 Å². The normalized spacial score (nSPS) is 13.0. The molecule has 60 heavy (non-hydrogen) atoms. The quantitative estimate of drug-likeness (QED) is 0.157. The van der Waals surface area contributed by atoms with Gasteiger partial charge >= 0.3 is 0 Å². The van der Waals surface area contributed by atoms with Crippen LogP contribution in [0.1, 0.15) is 25.0 Å². The lowest BCUT2D eigenvalue weighted by atomic mass is 9.81. The van der Waals surface area contributed by atoms with Crippen molar-refractivity contribution in [3.05, 3.63) is 217 Å². The smallest absolute Gasteiger partial charge is 0.159 e. The molecule has 1 aliphatic carbocycles. The number of hydrogen-bond donors (Lipinski definition) is 0. The zero-order valence-corrected chi connectivity index (χ0v) is 33.4. The Morgan fingerprint density at radius 3 is 1.45 bits per heavy atom. The molecular formula is C57H40N2O. The van der Waals surface area contributed by atoms with E-state index in [-0.39, 0.29) is 5.41 Å². The summed E-state index contributed by atoms with van der Waals surface area (Å²) in [5.74, 6) is 0. The molecule has 0 saturated carbocycles. The molecule has 1 heterocycles. The van der Waals surface area contributed by atoms with Crippen LogP contribution >= 0.6 is 0 Å². The summed E-state index contributed by atoms with van der Waals surface area (Å²) in [7, 11) is 0. The molecule has 0 unspecified atom stereocenters. The molecule has 0 N–H and O–H groups in total. The number of benzene rings is 10. The van der Waals surface area contributed by atoms with E-state index >= 15 is 0 Å². The van der Waals surface area contributed by atoms with Crippen LogP contribution < -0.4 is 9.80 Å². The number of rotatable bonds is 6. The minimum Gasteiger partial charge on any atom is -0.454 e. The first-order valence-corrected chi connectivity index (χ1v) is 20.8. The maximum atomic E-state index is 6.57. The maximum absolute atomic E-state index is 6.57. The number of hydrogen-bond acceptors (Lipinski definition) is 3. The summed E-state index contributed by atoms with van der Waals surface area (Å²) in [5.41, 5.74) is 13.3. The van der Waals surface area contributed by atoms with Crippen molar-refractivity contribution in [3.63, 3.8) is 0 Å². The zero-order valence-electron chi connectivity index (χ0n) is 33.4. The van der Waals surface area contributed by atoms with Gasteiger partial charge in [-0.1, -0.05) is 135 Å². The summed E-state index contributed by atoms with van der Waals surface area (Å²) >= 11 is 0. The molecule has 3 heteroatoms. The first-order valence-electron chi connectivity index (χ1n) is 20.8. The minimum atomic E-state index is -0.160. The molecular weight excluding hydrogens is 729 g/mol. The summed E-state index contributed by atoms with van der Waals surface area (Å²) in [6, 6.07) is 74.7. The molecule has 12 rings (SSSR count). The van der Waals surface area contributed by atoms with Crippen molar-refractivity contribution in [2.75, 3.05) is 9.80 Å². The van der Waals surface area contributed by atoms with Crippen LogP contribution in [0.25, 0.3) is 65.4 Å². The predicted molar refractivity (Wildman–Crippen MR) is 253 cm³/mol. The molecule has 1 aliphatic rings. The molecule has 0 amide bonds. The van der Waals surface area contributed by atoms with Crippen LogP contribution in [-0.4, -0.2) is 0 Å². The first kappa shape index (κ1) is 34.4. The molecule has 11 aromatic rings. The lowest BCUT2D eigenvalue weighted by molar-refractivity contribution is 0.661. The Labute approximate surface area is 349 Å². The van der Waals surface area contributed by atoms with Gasteiger partial charge in [0.15, 0.2) is 5.58 Å². The average Bonchev–Trinajstić information content (AvgIpc) is 3.79. The van der Waals surface area contributed by atoms with Gasteiger partial charge in [0, 0.05) is 44.6 Å². The van der Waals surface area contributed by atoms with E-state index in [1.165, 1.54) is 54.6 Å². The molecule has 0 atom stereocenters. The fourth-order valence-corrected chi connectivity index (χ4v) is 9.96. The van der Waals surface area contributed by atoms with E-state index in [1.54, 1.807) is 0 Å². The van der Waals surface area contributed by atoms with Gasteiger partial charge in [0.25, 0.3) is 0 Å². The Balaban J connectivity index is 1.01. The van der Waals surface area contributed by atoms with Crippen LogP contribution in [0.15, 0.2) is 211 Å². The maximum Gasteiger partial charge on any atom is 0.159 e. The summed E-state index contributed by atoms with van der Waals surface area (Å²) < 4.78 is 6.57. The van der Waals surface area contributed by atoms with E-state index in [0.29, 0.717) is 0 Å². The summed E-state index contributed by atoms with van der Waals surface area (Å²) in [5, 5.41) is 10.0. The van der Waals surface area contributed by atoms with Gasteiger partial charge in [-0.2, -0.15) is 0 Å². The van der Waals surface area contributed by atoms with Crippen molar-refractivity contribution >= 4 is 88.4 Å². The topological polar surface area (TPSA) is 19.6 Å². The molecule has 0 aliphatic heterocycles. The first-order chi connectivity index (χ1) is 29.5. The van der Waals surface area contributed by atoms with Gasteiger partial charge in [-0.25, -0.2) is 0 Å². The summed E-state index contributed by atoms with van der Waals surface area (Å²) in [4.78, 5) is 4.68. The molecule has 284 valence electrons. The number of para-hydroxylation sites is 4. The van der Waals surface area contributed by atoms with Gasteiger partial charge in [-0.3, -0.25) is 0 Å². The van der Waals surface area contributed by atoms with Crippen LogP contribution in [-0.2, 0) is 5.41 Å². The van der Waals surface area contributed by atoms with Gasteiger partial charge in [0.1, 0.15) is 5.58 Å². The molecule has 0 fully saturated rings. The Kier molecular flexibility index (Phi) is 7.58. The van der Waals surface area contributed by atoms with Crippen molar-refractivity contribution in [2.24, 2.45) is 0 Å². The molecule has 0 spiro atoms. The zero-order chi connectivity index (χ0) is 40.0. The fourth-order valence-electron chi connectivity index (χ4n) is 9.96. The second-order valence-corrected chi connectivity index (χ2v) is 16.5. The fraction of sp³-hybridized carbons (Fsp3) is 0.0526. The van der Waals surface area contributed by atoms with Crippen LogP contribution in [0.5, 0.6) is 0 Å². The van der Waals surface area contributed by atoms with Gasteiger partial charge in [0.2, 0.25) is 0 Å². The highest BCUT2D eigenvalue weighted by Crippen LogP contribution is 2.53. The van der Waals surface area contributed by atoms with E-state index in [9.17, 15) is 0 Å². The highest BCUT2D eigenvalue weighted by Gasteiger charge is 2.36. The lowest BCUT2D eigenvalue weighted by Gasteiger charge is -2.29. The van der Waals surface area contributed by atoms with Crippen molar-refractivity contribution in [3.8, 4) is 11.1 Å². The van der Waals surface area contributed by atoms with E-state index in [1.807, 2.05) is 12.1 Å². The Morgan fingerprint density at radius 1 is 0.333 bits per heavy atom. The third-order valence-corrected chi connectivity index (χ3v) is 12.8. The van der Waals surface area contributed by atoms with Crippen LogP contribution in [0.3, 0.4) is 0 Å². The van der Waals surface area contributed by atoms with Gasteiger partial charge < -0.3 is 14.2 Å². The van der Waals surface area contributed by atoms with Crippen molar-refractivity contribution in [2.45, 2.75) is 19.3 Å².